The molecule has 3 nitrogen and oxygen atoms in total. The Morgan fingerprint density at radius 3 is 3.07 bits per heavy atom. The lowest BCUT2D eigenvalue weighted by Gasteiger charge is -2.45. The quantitative estimate of drug-likeness (QED) is 0.836. The normalized spacial score (nSPS) is 33.1. The van der Waals surface area contributed by atoms with Gasteiger partial charge in [0.25, 0.3) is 0 Å². The Bertz CT molecular complexity index is 312. The minimum absolute atomic E-state index is 0.149. The molecular formula is C11H19N3S. The number of hydrogen-bond acceptors (Lipinski definition) is 3. The van der Waals surface area contributed by atoms with Crippen molar-refractivity contribution >= 4 is 11.8 Å². The van der Waals surface area contributed by atoms with Crippen LogP contribution in [0.5, 0.6) is 0 Å². The summed E-state index contributed by atoms with van der Waals surface area (Å²) >= 11 is 1.93. The van der Waals surface area contributed by atoms with E-state index in [0.717, 1.165) is 5.82 Å². The first-order valence-corrected chi connectivity index (χ1v) is 6.68. The zero-order valence-corrected chi connectivity index (χ0v) is 10.5. The van der Waals surface area contributed by atoms with E-state index >= 15 is 0 Å². The number of H-pyrrole nitrogens is 1. The van der Waals surface area contributed by atoms with E-state index in [2.05, 4.69) is 35.1 Å². The summed E-state index contributed by atoms with van der Waals surface area (Å²) in [5, 5.41) is 0. The van der Waals surface area contributed by atoms with E-state index in [1.54, 1.807) is 0 Å². The first-order valence-electron chi connectivity index (χ1n) is 5.46. The summed E-state index contributed by atoms with van der Waals surface area (Å²) in [5.74, 6) is 1.13. The molecule has 0 amide bonds. The van der Waals surface area contributed by atoms with Crippen LogP contribution in [0, 0.1) is 0 Å². The van der Waals surface area contributed by atoms with Gasteiger partial charge in [-0.05, 0) is 39.6 Å². The zero-order chi connectivity index (χ0) is 10.9. The first kappa shape index (κ1) is 11.0. The van der Waals surface area contributed by atoms with Crippen LogP contribution in [0.1, 0.15) is 25.6 Å². The topological polar surface area (TPSA) is 31.9 Å². The highest BCUT2D eigenvalue weighted by Crippen LogP contribution is 2.44. The lowest BCUT2D eigenvalue weighted by Crippen LogP contribution is -2.50. The van der Waals surface area contributed by atoms with E-state index in [1.165, 1.54) is 19.4 Å². The van der Waals surface area contributed by atoms with Crippen LogP contribution in [0.15, 0.2) is 12.4 Å². The molecule has 2 unspecified atom stereocenters. The molecule has 1 N–H and O–H groups in total. The van der Waals surface area contributed by atoms with Crippen molar-refractivity contribution in [3.63, 3.8) is 0 Å². The molecule has 0 aliphatic carbocycles. The second kappa shape index (κ2) is 4.18. The second-order valence-corrected chi connectivity index (χ2v) is 5.43. The fourth-order valence-corrected chi connectivity index (χ4v) is 3.71. The molecule has 0 aromatic carbocycles. The number of thioether (sulfide) groups is 1. The summed E-state index contributed by atoms with van der Waals surface area (Å²) < 4.78 is 0.149. The molecule has 4 heteroatoms. The number of hydrogen-bond donors (Lipinski definition) is 1. The third-order valence-corrected chi connectivity index (χ3v) is 5.13. The number of aromatic amines is 1. The van der Waals surface area contributed by atoms with Gasteiger partial charge in [-0.3, -0.25) is 0 Å². The molecule has 0 bridgehead atoms. The number of likely N-dealkylation sites (tertiary alicyclic amines) is 1. The van der Waals surface area contributed by atoms with Gasteiger partial charge in [0.05, 0.1) is 4.75 Å². The standard InChI is InChI=1S/C11H19N3S/c1-9-11(15-3,5-4-8-14(9)2)10-12-6-7-13-10/h6-7,9H,4-5,8H2,1-3H3,(H,12,13). The predicted molar refractivity (Wildman–Crippen MR) is 65.1 cm³/mol. The van der Waals surface area contributed by atoms with Gasteiger partial charge < -0.3 is 9.88 Å². The van der Waals surface area contributed by atoms with Crippen LogP contribution in [0.2, 0.25) is 0 Å². The van der Waals surface area contributed by atoms with E-state index in [9.17, 15) is 0 Å². The van der Waals surface area contributed by atoms with Crippen LogP contribution in [-0.4, -0.2) is 40.8 Å². The molecule has 1 fully saturated rings. The van der Waals surface area contributed by atoms with Crippen LogP contribution >= 0.6 is 11.8 Å². The maximum Gasteiger partial charge on any atom is 0.123 e. The van der Waals surface area contributed by atoms with Gasteiger partial charge >= 0.3 is 0 Å². The number of rotatable bonds is 2. The van der Waals surface area contributed by atoms with Crippen LogP contribution < -0.4 is 0 Å². The number of nitrogens with one attached hydrogen (secondary N) is 1. The van der Waals surface area contributed by atoms with Crippen molar-refractivity contribution in [2.24, 2.45) is 0 Å². The van der Waals surface area contributed by atoms with Gasteiger partial charge in [-0.1, -0.05) is 0 Å². The molecule has 1 aromatic heterocycles. The molecule has 1 aliphatic heterocycles. The number of likely N-dealkylation sites (N-methyl/N-ethyl adjacent to an activating group) is 1. The molecule has 1 aromatic rings. The van der Waals surface area contributed by atoms with Crippen LogP contribution in [0.25, 0.3) is 0 Å². The SMILES string of the molecule is CSC1(c2ncc[nH]2)CCCN(C)C1C. The van der Waals surface area contributed by atoms with Crippen molar-refractivity contribution < 1.29 is 0 Å². The molecule has 84 valence electrons. The van der Waals surface area contributed by atoms with Gasteiger partial charge in [-0.2, -0.15) is 0 Å². The highest BCUT2D eigenvalue weighted by atomic mass is 32.2. The average Bonchev–Trinajstić information content (AvgIpc) is 2.76. The molecule has 1 saturated heterocycles. The van der Waals surface area contributed by atoms with Crippen LogP contribution in [-0.2, 0) is 4.75 Å². The third kappa shape index (κ3) is 1.70. The molecule has 0 saturated carbocycles. The summed E-state index contributed by atoms with van der Waals surface area (Å²) in [6, 6.07) is 0.535. The van der Waals surface area contributed by atoms with Crippen molar-refractivity contribution in [3.05, 3.63) is 18.2 Å². The molecule has 2 heterocycles. The number of nitrogens with zero attached hydrogens (tertiary/aromatic N) is 2. The molecule has 0 radical (unpaired) electrons. The lowest BCUT2D eigenvalue weighted by molar-refractivity contribution is 0.152. The molecule has 2 atom stereocenters. The van der Waals surface area contributed by atoms with E-state index in [-0.39, 0.29) is 4.75 Å². The summed E-state index contributed by atoms with van der Waals surface area (Å²) in [5.41, 5.74) is 0. The van der Waals surface area contributed by atoms with Crippen molar-refractivity contribution in [2.75, 3.05) is 19.8 Å². The lowest BCUT2D eigenvalue weighted by atomic mass is 9.89. The van der Waals surface area contributed by atoms with Crippen molar-refractivity contribution in [2.45, 2.75) is 30.6 Å². The third-order valence-electron chi connectivity index (χ3n) is 3.66. The van der Waals surface area contributed by atoms with Gasteiger partial charge in [0.15, 0.2) is 0 Å². The summed E-state index contributed by atoms with van der Waals surface area (Å²) in [4.78, 5) is 10.2. The van der Waals surface area contributed by atoms with Gasteiger partial charge in [0, 0.05) is 18.4 Å². The van der Waals surface area contributed by atoms with Gasteiger partial charge in [-0.25, -0.2) is 4.98 Å². The van der Waals surface area contributed by atoms with E-state index in [4.69, 9.17) is 0 Å². The average molecular weight is 225 g/mol. The van der Waals surface area contributed by atoms with Crippen LogP contribution in [0.4, 0.5) is 0 Å². The first-order chi connectivity index (χ1) is 7.20. The second-order valence-electron chi connectivity index (χ2n) is 4.29. The molecule has 15 heavy (non-hydrogen) atoms. The Balaban J connectivity index is 2.35. The predicted octanol–water partition coefficient (Wildman–Crippen LogP) is 2.08. The fourth-order valence-electron chi connectivity index (χ4n) is 2.53. The Hall–Kier alpha value is -0.480. The maximum absolute atomic E-state index is 4.46. The zero-order valence-electron chi connectivity index (χ0n) is 9.66. The number of aromatic nitrogens is 2. The maximum atomic E-state index is 4.46. The van der Waals surface area contributed by atoms with Crippen molar-refractivity contribution in [1.82, 2.24) is 14.9 Å². The Labute approximate surface area is 95.7 Å². The molecule has 0 spiro atoms. The Morgan fingerprint density at radius 1 is 1.67 bits per heavy atom. The molecule has 2 rings (SSSR count). The van der Waals surface area contributed by atoms with E-state index in [0.29, 0.717) is 6.04 Å². The van der Waals surface area contributed by atoms with Gasteiger partial charge in [0.1, 0.15) is 5.82 Å². The fraction of sp³-hybridized carbons (Fsp3) is 0.727. The molecule has 1 aliphatic rings. The van der Waals surface area contributed by atoms with E-state index in [1.807, 2.05) is 24.2 Å². The van der Waals surface area contributed by atoms with Crippen LogP contribution in [0.3, 0.4) is 0 Å². The summed E-state index contributed by atoms with van der Waals surface area (Å²) in [6.07, 6.45) is 8.44. The monoisotopic (exact) mass is 225 g/mol. The minimum Gasteiger partial charge on any atom is -0.347 e. The van der Waals surface area contributed by atoms with Gasteiger partial charge in [0.2, 0.25) is 0 Å². The molecular weight excluding hydrogens is 206 g/mol. The highest BCUT2D eigenvalue weighted by Gasteiger charge is 2.43. The number of piperidine rings is 1. The summed E-state index contributed by atoms with van der Waals surface area (Å²) in [7, 11) is 2.21. The van der Waals surface area contributed by atoms with Crippen molar-refractivity contribution in [1.29, 1.82) is 0 Å². The highest BCUT2D eigenvalue weighted by molar-refractivity contribution is 7.99. The smallest absolute Gasteiger partial charge is 0.123 e. The van der Waals surface area contributed by atoms with Gasteiger partial charge in [-0.15, -0.1) is 11.8 Å². The van der Waals surface area contributed by atoms with Crippen molar-refractivity contribution in [3.8, 4) is 0 Å². The Kier molecular flexibility index (Phi) is 3.07. The summed E-state index contributed by atoms with van der Waals surface area (Å²) in [6.45, 7) is 3.50. The van der Waals surface area contributed by atoms with E-state index < -0.39 is 0 Å². The Morgan fingerprint density at radius 2 is 2.47 bits per heavy atom. The minimum atomic E-state index is 0.149. The number of imidazole rings is 1. The largest absolute Gasteiger partial charge is 0.347 e.